The van der Waals surface area contributed by atoms with Crippen LogP contribution in [0.1, 0.15) is 52.9 Å². The smallest absolute Gasteiger partial charge is 0.220 e. The average molecular weight is 213 g/mol. The first-order chi connectivity index (χ1) is 6.93. The highest BCUT2D eigenvalue weighted by Crippen LogP contribution is 2.17. The summed E-state index contributed by atoms with van der Waals surface area (Å²) >= 11 is 0. The van der Waals surface area contributed by atoms with Gasteiger partial charge in [-0.15, -0.1) is 0 Å². The maximum atomic E-state index is 10.8. The van der Waals surface area contributed by atoms with Crippen LogP contribution in [-0.4, -0.2) is 11.7 Å². The molecule has 0 aliphatic heterocycles. The van der Waals surface area contributed by atoms with Crippen LogP contribution in [0.15, 0.2) is 0 Å². The zero-order valence-electron chi connectivity index (χ0n) is 10.1. The number of primary amides is 1. The Kier molecular flexibility index (Phi) is 7.01. The summed E-state index contributed by atoms with van der Waals surface area (Å²) in [5.41, 5.74) is 5.18. The summed E-state index contributed by atoms with van der Waals surface area (Å²) < 4.78 is 0. The number of nitrogens with two attached hydrogens (primary N) is 1. The second-order valence-corrected chi connectivity index (χ2v) is 4.58. The molecule has 3 heteroatoms. The van der Waals surface area contributed by atoms with E-state index in [0.29, 0.717) is 12.3 Å². The summed E-state index contributed by atoms with van der Waals surface area (Å²) in [5.74, 6) is 0.588. The van der Waals surface area contributed by atoms with E-state index in [9.17, 15) is 9.59 Å². The van der Waals surface area contributed by atoms with Crippen molar-refractivity contribution in [2.75, 3.05) is 0 Å². The number of carbonyl (C=O) groups excluding carboxylic acids is 2. The molecule has 0 fully saturated rings. The van der Waals surface area contributed by atoms with E-state index in [-0.39, 0.29) is 17.6 Å². The Morgan fingerprint density at radius 1 is 1.13 bits per heavy atom. The molecule has 0 aromatic rings. The minimum absolute atomic E-state index is 0.0275. The second-order valence-electron chi connectivity index (χ2n) is 4.58. The zero-order valence-corrected chi connectivity index (χ0v) is 10.1. The van der Waals surface area contributed by atoms with Crippen molar-refractivity contribution >= 4 is 11.7 Å². The lowest BCUT2D eigenvalue weighted by atomic mass is 9.93. The van der Waals surface area contributed by atoms with E-state index < -0.39 is 0 Å². The number of ketones is 1. The third kappa shape index (κ3) is 8.16. The maximum absolute atomic E-state index is 10.8. The van der Waals surface area contributed by atoms with Crippen molar-refractivity contribution in [2.45, 2.75) is 52.9 Å². The third-order valence-electron chi connectivity index (χ3n) is 2.80. The van der Waals surface area contributed by atoms with Gasteiger partial charge in [-0.1, -0.05) is 20.3 Å². The van der Waals surface area contributed by atoms with Crippen LogP contribution >= 0.6 is 0 Å². The quantitative estimate of drug-likeness (QED) is 0.672. The molecule has 2 atom stereocenters. The van der Waals surface area contributed by atoms with Crippen molar-refractivity contribution in [1.82, 2.24) is 0 Å². The maximum Gasteiger partial charge on any atom is 0.220 e. The Bertz CT molecular complexity index is 214. The summed E-state index contributed by atoms with van der Waals surface area (Å²) in [6.07, 6.45) is 4.57. The van der Waals surface area contributed by atoms with Crippen LogP contribution in [-0.2, 0) is 9.59 Å². The van der Waals surface area contributed by atoms with Crippen LogP contribution in [0.25, 0.3) is 0 Å². The Hall–Kier alpha value is -0.860. The van der Waals surface area contributed by atoms with Crippen LogP contribution in [0, 0.1) is 11.8 Å². The van der Waals surface area contributed by atoms with Gasteiger partial charge in [0, 0.05) is 12.3 Å². The molecular weight excluding hydrogens is 190 g/mol. The molecule has 0 heterocycles. The first-order valence-electron chi connectivity index (χ1n) is 5.72. The molecule has 0 aliphatic carbocycles. The number of hydrogen-bond acceptors (Lipinski definition) is 2. The van der Waals surface area contributed by atoms with Crippen molar-refractivity contribution in [2.24, 2.45) is 17.6 Å². The van der Waals surface area contributed by atoms with Crippen molar-refractivity contribution in [3.63, 3.8) is 0 Å². The van der Waals surface area contributed by atoms with Crippen molar-refractivity contribution in [3.05, 3.63) is 0 Å². The average Bonchev–Trinajstić information content (AvgIpc) is 2.13. The fourth-order valence-electron chi connectivity index (χ4n) is 1.52. The first-order valence-corrected chi connectivity index (χ1v) is 5.72. The Balaban J connectivity index is 3.52. The highest BCUT2D eigenvalue weighted by molar-refractivity contribution is 5.76. The van der Waals surface area contributed by atoms with Gasteiger partial charge in [-0.05, 0) is 32.1 Å². The summed E-state index contributed by atoms with van der Waals surface area (Å²) in [6, 6.07) is 0. The first kappa shape index (κ1) is 14.1. The molecule has 0 saturated heterocycles. The summed E-state index contributed by atoms with van der Waals surface area (Å²) in [6.45, 7) is 5.65. The summed E-state index contributed by atoms with van der Waals surface area (Å²) in [4.78, 5) is 21.5. The van der Waals surface area contributed by atoms with Crippen LogP contribution in [0.3, 0.4) is 0 Å². The van der Waals surface area contributed by atoms with Crippen LogP contribution in [0.2, 0.25) is 0 Å². The van der Waals surface area contributed by atoms with Gasteiger partial charge in [0.05, 0.1) is 0 Å². The number of Topliss-reactive ketones (excluding diaryl/α,β-unsaturated/α-hetero) is 1. The molecule has 2 N–H and O–H groups in total. The van der Waals surface area contributed by atoms with E-state index >= 15 is 0 Å². The number of rotatable bonds is 8. The molecule has 0 aliphatic rings. The highest BCUT2D eigenvalue weighted by atomic mass is 16.1. The molecule has 2 unspecified atom stereocenters. The highest BCUT2D eigenvalue weighted by Gasteiger charge is 2.10. The Morgan fingerprint density at radius 2 is 1.73 bits per heavy atom. The number of hydrogen-bond donors (Lipinski definition) is 1. The molecular formula is C12H23NO2. The molecule has 0 radical (unpaired) electrons. The van der Waals surface area contributed by atoms with Crippen LogP contribution < -0.4 is 5.73 Å². The minimum Gasteiger partial charge on any atom is -0.369 e. The van der Waals surface area contributed by atoms with Gasteiger partial charge in [-0.2, -0.15) is 0 Å². The van der Waals surface area contributed by atoms with Gasteiger partial charge >= 0.3 is 0 Å². The fourth-order valence-corrected chi connectivity index (χ4v) is 1.52. The molecule has 0 bridgehead atoms. The van der Waals surface area contributed by atoms with E-state index in [1.807, 2.05) is 6.92 Å². The fraction of sp³-hybridized carbons (Fsp3) is 0.833. The zero-order chi connectivity index (χ0) is 11.8. The van der Waals surface area contributed by atoms with Crippen molar-refractivity contribution < 1.29 is 9.59 Å². The number of carbonyl (C=O) groups is 2. The van der Waals surface area contributed by atoms with Crippen molar-refractivity contribution in [1.29, 1.82) is 0 Å². The SMILES string of the molecule is CC(=O)CCCC(C)CCC(C)C(N)=O. The topological polar surface area (TPSA) is 60.2 Å². The monoisotopic (exact) mass is 213 g/mol. The van der Waals surface area contributed by atoms with Crippen LogP contribution in [0.4, 0.5) is 0 Å². The van der Waals surface area contributed by atoms with E-state index in [1.165, 1.54) is 0 Å². The molecule has 15 heavy (non-hydrogen) atoms. The predicted octanol–water partition coefficient (Wildman–Crippen LogP) is 2.28. The lowest BCUT2D eigenvalue weighted by Crippen LogP contribution is -2.20. The van der Waals surface area contributed by atoms with Gasteiger partial charge in [0.15, 0.2) is 0 Å². The molecule has 0 aromatic carbocycles. The summed E-state index contributed by atoms with van der Waals surface area (Å²) in [7, 11) is 0. The van der Waals surface area contributed by atoms with Crippen LogP contribution in [0.5, 0.6) is 0 Å². The van der Waals surface area contributed by atoms with Gasteiger partial charge < -0.3 is 10.5 Å². The Morgan fingerprint density at radius 3 is 2.20 bits per heavy atom. The normalized spacial score (nSPS) is 14.6. The molecule has 1 amide bonds. The van der Waals surface area contributed by atoms with Gasteiger partial charge in [0.25, 0.3) is 0 Å². The lowest BCUT2D eigenvalue weighted by Gasteiger charge is -2.12. The molecule has 0 aromatic heterocycles. The van der Waals surface area contributed by atoms with Crippen molar-refractivity contribution in [3.8, 4) is 0 Å². The molecule has 88 valence electrons. The molecule has 0 rings (SSSR count). The lowest BCUT2D eigenvalue weighted by molar-refractivity contribution is -0.121. The molecule has 3 nitrogen and oxygen atoms in total. The van der Waals surface area contributed by atoms with E-state index in [1.54, 1.807) is 6.92 Å². The largest absolute Gasteiger partial charge is 0.369 e. The predicted molar refractivity (Wildman–Crippen MR) is 61.3 cm³/mol. The number of amides is 1. The second kappa shape index (κ2) is 7.43. The Labute approximate surface area is 92.4 Å². The van der Waals surface area contributed by atoms with Gasteiger partial charge in [0.1, 0.15) is 5.78 Å². The van der Waals surface area contributed by atoms with E-state index in [4.69, 9.17) is 5.73 Å². The van der Waals surface area contributed by atoms with Gasteiger partial charge in [0.2, 0.25) is 5.91 Å². The van der Waals surface area contributed by atoms with E-state index in [2.05, 4.69) is 6.92 Å². The minimum atomic E-state index is -0.217. The van der Waals surface area contributed by atoms with E-state index in [0.717, 1.165) is 25.7 Å². The molecule has 0 spiro atoms. The van der Waals surface area contributed by atoms with Gasteiger partial charge in [-0.3, -0.25) is 4.79 Å². The standard InChI is InChI=1S/C12H23NO2/c1-9(5-4-6-11(3)14)7-8-10(2)12(13)15/h9-10H,4-8H2,1-3H3,(H2,13,15). The third-order valence-corrected chi connectivity index (χ3v) is 2.80. The summed E-state index contributed by atoms with van der Waals surface area (Å²) in [5, 5.41) is 0. The van der Waals surface area contributed by atoms with Gasteiger partial charge in [-0.25, -0.2) is 0 Å². The molecule has 0 saturated carbocycles.